The Hall–Kier alpha value is -3.34. The third-order valence-electron chi connectivity index (χ3n) is 6.08. The van der Waals surface area contributed by atoms with Crippen molar-refractivity contribution >= 4 is 5.91 Å². The van der Waals surface area contributed by atoms with Crippen LogP contribution < -0.4 is 9.47 Å². The zero-order chi connectivity index (χ0) is 21.0. The standard InChI is InChI=1S/C26H26N2O3/c29-26(23-9-8-21-5-1-2-6-22(21)15-23)28(18-20-4-3-11-27-16-20)17-19-7-10-24-25(14-19)31-13-12-30-24/h1-7,10-11,14,16,23H,8-9,12-13,15,17-18H2/t23-/m1/s1. The van der Waals surface area contributed by atoms with Gasteiger partial charge in [-0.05, 0) is 59.7 Å². The highest BCUT2D eigenvalue weighted by molar-refractivity contribution is 5.79. The summed E-state index contributed by atoms with van der Waals surface area (Å²) in [6.45, 7) is 2.19. The van der Waals surface area contributed by atoms with Gasteiger partial charge >= 0.3 is 0 Å². The summed E-state index contributed by atoms with van der Waals surface area (Å²) in [5, 5.41) is 0. The van der Waals surface area contributed by atoms with Crippen LogP contribution in [-0.2, 0) is 30.7 Å². The Balaban J connectivity index is 1.38. The quantitative estimate of drug-likeness (QED) is 0.628. The molecule has 5 rings (SSSR count). The van der Waals surface area contributed by atoms with Gasteiger partial charge in [0.25, 0.3) is 0 Å². The number of pyridine rings is 1. The minimum absolute atomic E-state index is 0.00350. The number of aryl methyl sites for hydroxylation is 1. The maximum atomic E-state index is 13.7. The molecule has 1 atom stereocenters. The molecule has 1 amide bonds. The van der Waals surface area contributed by atoms with Crippen molar-refractivity contribution in [2.45, 2.75) is 32.4 Å². The fourth-order valence-electron chi connectivity index (χ4n) is 4.50. The number of fused-ring (bicyclic) bond motifs is 2. The van der Waals surface area contributed by atoms with Crippen molar-refractivity contribution in [3.63, 3.8) is 0 Å². The van der Waals surface area contributed by atoms with Crippen LogP contribution in [0.2, 0.25) is 0 Å². The third kappa shape index (κ3) is 4.41. The van der Waals surface area contributed by atoms with Crippen molar-refractivity contribution < 1.29 is 14.3 Å². The molecule has 1 aromatic heterocycles. The molecule has 1 aliphatic carbocycles. The molecule has 5 nitrogen and oxygen atoms in total. The molecule has 0 fully saturated rings. The second-order valence-corrected chi connectivity index (χ2v) is 8.24. The number of nitrogens with zero attached hydrogens (tertiary/aromatic N) is 2. The van der Waals surface area contributed by atoms with Crippen LogP contribution in [0.4, 0.5) is 0 Å². The highest BCUT2D eigenvalue weighted by Crippen LogP contribution is 2.32. The molecule has 0 N–H and O–H groups in total. The van der Waals surface area contributed by atoms with Crippen molar-refractivity contribution in [3.05, 3.63) is 89.2 Å². The smallest absolute Gasteiger partial charge is 0.226 e. The average Bonchev–Trinajstić information content (AvgIpc) is 2.83. The molecule has 1 aliphatic heterocycles. The molecular weight excluding hydrogens is 388 g/mol. The van der Waals surface area contributed by atoms with E-state index in [1.54, 1.807) is 6.20 Å². The van der Waals surface area contributed by atoms with Crippen molar-refractivity contribution in [1.82, 2.24) is 9.88 Å². The van der Waals surface area contributed by atoms with Gasteiger partial charge in [-0.3, -0.25) is 9.78 Å². The van der Waals surface area contributed by atoms with Crippen molar-refractivity contribution in [3.8, 4) is 11.5 Å². The first kappa shape index (κ1) is 19.6. The van der Waals surface area contributed by atoms with E-state index in [4.69, 9.17) is 9.47 Å². The summed E-state index contributed by atoms with van der Waals surface area (Å²) in [5.74, 6) is 1.73. The van der Waals surface area contributed by atoms with Crippen LogP contribution in [0.1, 0.15) is 28.7 Å². The zero-order valence-corrected chi connectivity index (χ0v) is 17.5. The Kier molecular flexibility index (Phi) is 5.57. The van der Waals surface area contributed by atoms with Gasteiger partial charge in [-0.25, -0.2) is 0 Å². The maximum absolute atomic E-state index is 13.7. The number of hydrogen-bond donors (Lipinski definition) is 0. The van der Waals surface area contributed by atoms with Crippen LogP contribution in [0.25, 0.3) is 0 Å². The molecule has 2 aliphatic rings. The second-order valence-electron chi connectivity index (χ2n) is 8.24. The number of rotatable bonds is 5. The number of ether oxygens (including phenoxy) is 2. The van der Waals surface area contributed by atoms with Gasteiger partial charge in [0, 0.05) is 31.4 Å². The number of carbonyl (C=O) groups is 1. The maximum Gasteiger partial charge on any atom is 0.226 e. The van der Waals surface area contributed by atoms with Gasteiger partial charge < -0.3 is 14.4 Å². The Morgan fingerprint density at radius 2 is 1.74 bits per heavy atom. The first-order valence-electron chi connectivity index (χ1n) is 10.9. The van der Waals surface area contributed by atoms with E-state index in [1.165, 1.54) is 11.1 Å². The lowest BCUT2D eigenvalue weighted by atomic mass is 9.83. The lowest BCUT2D eigenvalue weighted by molar-refractivity contribution is -0.137. The molecule has 0 unspecified atom stereocenters. The van der Waals surface area contributed by atoms with E-state index < -0.39 is 0 Å². The van der Waals surface area contributed by atoms with Crippen LogP contribution in [-0.4, -0.2) is 29.0 Å². The van der Waals surface area contributed by atoms with E-state index in [0.717, 1.165) is 41.9 Å². The summed E-state index contributed by atoms with van der Waals surface area (Å²) in [6, 6.07) is 18.4. The van der Waals surface area contributed by atoms with E-state index >= 15 is 0 Å². The van der Waals surface area contributed by atoms with Gasteiger partial charge in [0.2, 0.25) is 5.91 Å². The minimum Gasteiger partial charge on any atom is -0.486 e. The van der Waals surface area contributed by atoms with E-state index in [-0.39, 0.29) is 11.8 Å². The van der Waals surface area contributed by atoms with Gasteiger partial charge in [0.1, 0.15) is 13.2 Å². The number of aromatic nitrogens is 1. The van der Waals surface area contributed by atoms with E-state index in [2.05, 4.69) is 29.2 Å². The molecule has 0 bridgehead atoms. The van der Waals surface area contributed by atoms with Crippen LogP contribution in [0.15, 0.2) is 67.0 Å². The SMILES string of the molecule is O=C([C@@H]1CCc2ccccc2C1)N(Cc1cccnc1)Cc1ccc2c(c1)OCCO2. The molecule has 0 saturated heterocycles. The van der Waals surface area contributed by atoms with Crippen LogP contribution in [0, 0.1) is 5.92 Å². The monoisotopic (exact) mass is 414 g/mol. The normalized spacial score (nSPS) is 17.0. The van der Waals surface area contributed by atoms with Crippen LogP contribution >= 0.6 is 0 Å². The Bertz CT molecular complexity index is 1070. The first-order valence-corrected chi connectivity index (χ1v) is 10.9. The summed E-state index contributed by atoms with van der Waals surface area (Å²) < 4.78 is 11.4. The topological polar surface area (TPSA) is 51.7 Å². The summed E-state index contributed by atoms with van der Waals surface area (Å²) in [7, 11) is 0. The summed E-state index contributed by atoms with van der Waals surface area (Å²) >= 11 is 0. The number of hydrogen-bond acceptors (Lipinski definition) is 4. The Labute approximate surface area is 182 Å². The van der Waals surface area contributed by atoms with Crippen LogP contribution in [0.3, 0.4) is 0 Å². The molecular formula is C26H26N2O3. The predicted octanol–water partition coefficient (Wildman–Crippen LogP) is 4.19. The molecule has 0 spiro atoms. The number of carbonyl (C=O) groups excluding carboxylic acids is 1. The van der Waals surface area contributed by atoms with Gasteiger partial charge in [-0.1, -0.05) is 36.4 Å². The van der Waals surface area contributed by atoms with Crippen LogP contribution in [0.5, 0.6) is 11.5 Å². The molecule has 31 heavy (non-hydrogen) atoms. The first-order chi connectivity index (χ1) is 15.3. The molecule has 158 valence electrons. The molecule has 0 saturated carbocycles. The lowest BCUT2D eigenvalue weighted by Gasteiger charge is -2.31. The third-order valence-corrected chi connectivity index (χ3v) is 6.08. The van der Waals surface area contributed by atoms with E-state index in [1.807, 2.05) is 41.4 Å². The van der Waals surface area contributed by atoms with Gasteiger partial charge in [0.15, 0.2) is 11.5 Å². The highest BCUT2D eigenvalue weighted by Gasteiger charge is 2.29. The van der Waals surface area contributed by atoms with Gasteiger partial charge in [0.05, 0.1) is 0 Å². The molecule has 2 aromatic carbocycles. The Morgan fingerprint density at radius 1 is 0.935 bits per heavy atom. The molecule has 3 aromatic rings. The minimum atomic E-state index is 0.00350. The summed E-state index contributed by atoms with van der Waals surface area (Å²) in [6.07, 6.45) is 6.24. The molecule has 2 heterocycles. The fourth-order valence-corrected chi connectivity index (χ4v) is 4.50. The number of benzene rings is 2. The van der Waals surface area contributed by atoms with E-state index in [0.29, 0.717) is 26.3 Å². The molecule has 0 radical (unpaired) electrons. The van der Waals surface area contributed by atoms with Gasteiger partial charge in [-0.15, -0.1) is 0 Å². The van der Waals surface area contributed by atoms with E-state index in [9.17, 15) is 4.79 Å². The fraction of sp³-hybridized carbons (Fsp3) is 0.308. The second kappa shape index (κ2) is 8.80. The van der Waals surface area contributed by atoms with Crippen molar-refractivity contribution in [1.29, 1.82) is 0 Å². The molecule has 5 heteroatoms. The van der Waals surface area contributed by atoms with Gasteiger partial charge in [-0.2, -0.15) is 0 Å². The summed E-state index contributed by atoms with van der Waals surface area (Å²) in [5.41, 5.74) is 4.74. The number of amides is 1. The average molecular weight is 415 g/mol. The van der Waals surface area contributed by atoms with Crippen molar-refractivity contribution in [2.75, 3.05) is 13.2 Å². The van der Waals surface area contributed by atoms with Crippen molar-refractivity contribution in [2.24, 2.45) is 5.92 Å². The zero-order valence-electron chi connectivity index (χ0n) is 17.5. The Morgan fingerprint density at radius 3 is 2.58 bits per heavy atom. The lowest BCUT2D eigenvalue weighted by Crippen LogP contribution is -2.37. The highest BCUT2D eigenvalue weighted by atomic mass is 16.6. The largest absolute Gasteiger partial charge is 0.486 e. The predicted molar refractivity (Wildman–Crippen MR) is 118 cm³/mol. The summed E-state index contributed by atoms with van der Waals surface area (Å²) in [4.78, 5) is 19.8.